The van der Waals surface area contributed by atoms with Gasteiger partial charge < -0.3 is 5.41 Å². The van der Waals surface area contributed by atoms with Crippen molar-refractivity contribution < 1.29 is 0 Å². The van der Waals surface area contributed by atoms with Gasteiger partial charge in [-0.25, -0.2) is 0 Å². The lowest BCUT2D eigenvalue weighted by atomic mass is 10.3. The molecule has 0 heterocycles. The highest BCUT2D eigenvalue weighted by atomic mass is 14.3. The third kappa shape index (κ3) is 192. The molecule has 0 bridgehead atoms. The van der Waals surface area contributed by atoms with Gasteiger partial charge in [0, 0.05) is 0 Å². The Labute approximate surface area is 84.4 Å². The average molecular weight is 183 g/mol. The lowest BCUT2D eigenvalue weighted by molar-refractivity contribution is 0.737. The van der Waals surface area contributed by atoms with Crippen LogP contribution in [0.25, 0.3) is 0 Å². The van der Waals surface area contributed by atoms with Crippen LogP contribution in [-0.4, -0.2) is 6.21 Å². The Balaban J connectivity index is -0.000000117. The number of rotatable bonds is 1. The molecule has 0 amide bonds. The van der Waals surface area contributed by atoms with Crippen LogP contribution < -0.4 is 0 Å². The van der Waals surface area contributed by atoms with Gasteiger partial charge in [0.15, 0.2) is 0 Å². The van der Waals surface area contributed by atoms with E-state index in [1.54, 1.807) is 0 Å². The third-order valence-corrected chi connectivity index (χ3v) is 0.583. The van der Waals surface area contributed by atoms with E-state index in [1.807, 2.05) is 27.7 Å². The van der Waals surface area contributed by atoms with Crippen LogP contribution in [0, 0.1) is 29.1 Å². The molecule has 0 aromatic rings. The summed E-state index contributed by atoms with van der Waals surface area (Å²) in [6.45, 7) is 14.1. The average Bonchev–Trinajstić information content (AvgIpc) is 2.04. The van der Waals surface area contributed by atoms with Crippen molar-refractivity contribution in [2.45, 2.75) is 48.5 Å². The highest BCUT2D eigenvalue weighted by Crippen LogP contribution is 1.81. The first-order chi connectivity index (χ1) is 5.92. The van der Waals surface area contributed by atoms with E-state index in [9.17, 15) is 0 Å². The molecule has 0 aliphatic carbocycles. The standard InChI is InChI=1S/C4H9N.C4H10.C4H6/c1-4(2)3-5;1-4(2)3;1-3-4-2/h3-5H,1-2H3;4H,1-3H3;1-2H3. The molecule has 13 heavy (non-hydrogen) atoms. The molecule has 0 unspecified atom stereocenters. The van der Waals surface area contributed by atoms with Crippen molar-refractivity contribution in [2.24, 2.45) is 11.8 Å². The molecule has 0 aromatic carbocycles. The Morgan fingerprint density at radius 2 is 1.08 bits per heavy atom. The van der Waals surface area contributed by atoms with Crippen LogP contribution in [0.1, 0.15) is 48.5 Å². The van der Waals surface area contributed by atoms with E-state index in [0.29, 0.717) is 5.92 Å². The second-order valence-corrected chi connectivity index (χ2v) is 3.64. The van der Waals surface area contributed by atoms with E-state index in [2.05, 4.69) is 32.6 Å². The van der Waals surface area contributed by atoms with Crippen LogP contribution in [0.3, 0.4) is 0 Å². The van der Waals surface area contributed by atoms with E-state index in [0.717, 1.165) is 5.92 Å². The van der Waals surface area contributed by atoms with Crippen molar-refractivity contribution in [1.29, 1.82) is 5.41 Å². The lowest BCUT2D eigenvalue weighted by Gasteiger charge is -1.82. The zero-order valence-corrected chi connectivity index (χ0v) is 10.2. The molecular formula is C12H25N. The minimum absolute atomic E-state index is 0.426. The zero-order chi connectivity index (χ0) is 11.3. The van der Waals surface area contributed by atoms with Gasteiger partial charge in [-0.05, 0) is 31.9 Å². The van der Waals surface area contributed by atoms with Gasteiger partial charge in [-0.1, -0.05) is 34.6 Å². The van der Waals surface area contributed by atoms with Crippen molar-refractivity contribution >= 4 is 6.21 Å². The predicted octanol–water partition coefficient (Wildman–Crippen LogP) is 3.98. The van der Waals surface area contributed by atoms with Gasteiger partial charge in [-0.15, -0.1) is 11.8 Å². The van der Waals surface area contributed by atoms with Crippen LogP contribution in [0.5, 0.6) is 0 Å². The van der Waals surface area contributed by atoms with Gasteiger partial charge in [0.1, 0.15) is 0 Å². The molecule has 78 valence electrons. The monoisotopic (exact) mass is 183 g/mol. The van der Waals surface area contributed by atoms with Gasteiger partial charge >= 0.3 is 0 Å². The highest BCUT2D eigenvalue weighted by molar-refractivity contribution is 5.55. The minimum Gasteiger partial charge on any atom is -0.313 e. The van der Waals surface area contributed by atoms with Crippen LogP contribution >= 0.6 is 0 Å². The first kappa shape index (κ1) is 18.1. The maximum atomic E-state index is 6.53. The van der Waals surface area contributed by atoms with Crippen LogP contribution in [-0.2, 0) is 0 Å². The van der Waals surface area contributed by atoms with Gasteiger partial charge in [0.25, 0.3) is 0 Å². The van der Waals surface area contributed by atoms with Crippen molar-refractivity contribution in [3.05, 3.63) is 0 Å². The molecule has 1 heteroatoms. The van der Waals surface area contributed by atoms with Gasteiger partial charge in [0.2, 0.25) is 0 Å². The first-order valence-corrected chi connectivity index (χ1v) is 4.76. The second-order valence-electron chi connectivity index (χ2n) is 3.64. The highest BCUT2D eigenvalue weighted by Gasteiger charge is 1.75. The maximum Gasteiger partial charge on any atom is -0.00223 e. The Morgan fingerprint density at radius 1 is 0.923 bits per heavy atom. The molecule has 0 spiro atoms. The van der Waals surface area contributed by atoms with Crippen LogP contribution in [0.4, 0.5) is 0 Å². The van der Waals surface area contributed by atoms with Crippen LogP contribution in [0.2, 0.25) is 0 Å². The van der Waals surface area contributed by atoms with E-state index in [4.69, 9.17) is 5.41 Å². The summed E-state index contributed by atoms with van der Waals surface area (Å²) in [6.07, 6.45) is 1.42. The maximum absolute atomic E-state index is 6.53. The van der Waals surface area contributed by atoms with Gasteiger partial charge in [0.05, 0.1) is 0 Å². The topological polar surface area (TPSA) is 23.9 Å². The molecular weight excluding hydrogens is 158 g/mol. The normalized spacial score (nSPS) is 7.15. The van der Waals surface area contributed by atoms with Gasteiger partial charge in [-0.2, -0.15) is 0 Å². The largest absolute Gasteiger partial charge is 0.313 e. The summed E-state index contributed by atoms with van der Waals surface area (Å²) in [5.74, 6) is 6.62. The molecule has 0 aliphatic heterocycles. The van der Waals surface area contributed by atoms with Crippen molar-refractivity contribution in [2.75, 3.05) is 0 Å². The molecule has 0 fully saturated rings. The van der Waals surface area contributed by atoms with Gasteiger partial charge in [-0.3, -0.25) is 0 Å². The SMILES string of the molecule is CC#CC.CC(C)C.CC(C)C=N. The Kier molecular flexibility index (Phi) is 24.2. The lowest BCUT2D eigenvalue weighted by Crippen LogP contribution is -1.81. The van der Waals surface area contributed by atoms with E-state index < -0.39 is 0 Å². The molecule has 0 saturated heterocycles. The van der Waals surface area contributed by atoms with E-state index in [-0.39, 0.29) is 0 Å². The quantitative estimate of drug-likeness (QED) is 0.469. The molecule has 1 nitrogen and oxygen atoms in total. The zero-order valence-electron chi connectivity index (χ0n) is 10.2. The van der Waals surface area contributed by atoms with E-state index in [1.165, 1.54) is 6.21 Å². The summed E-state index contributed by atoms with van der Waals surface area (Å²) in [5.41, 5.74) is 0. The fourth-order valence-corrected chi connectivity index (χ4v) is 0. The predicted molar refractivity (Wildman–Crippen MR) is 63.3 cm³/mol. The molecule has 0 saturated carbocycles. The summed E-state index contributed by atoms with van der Waals surface area (Å²) < 4.78 is 0. The summed E-state index contributed by atoms with van der Waals surface area (Å²) in [4.78, 5) is 0. The van der Waals surface area contributed by atoms with Crippen LogP contribution in [0.15, 0.2) is 0 Å². The summed E-state index contributed by atoms with van der Waals surface area (Å²) in [5, 5.41) is 6.53. The smallest absolute Gasteiger partial charge is 0.00223 e. The Morgan fingerprint density at radius 3 is 1.08 bits per heavy atom. The molecule has 0 rings (SSSR count). The molecule has 0 aliphatic rings. The fraction of sp³-hybridized carbons (Fsp3) is 0.750. The van der Waals surface area contributed by atoms with Crippen molar-refractivity contribution in [3.8, 4) is 11.8 Å². The Hall–Kier alpha value is -0.770. The first-order valence-electron chi connectivity index (χ1n) is 4.76. The number of nitrogens with one attached hydrogen (secondary N) is 1. The minimum atomic E-state index is 0.426. The van der Waals surface area contributed by atoms with Crippen molar-refractivity contribution in [1.82, 2.24) is 0 Å². The summed E-state index contributed by atoms with van der Waals surface area (Å²) >= 11 is 0. The summed E-state index contributed by atoms with van der Waals surface area (Å²) in [6, 6.07) is 0. The number of hydrogen-bond acceptors (Lipinski definition) is 1. The third-order valence-electron chi connectivity index (χ3n) is 0.583. The molecule has 1 N–H and O–H groups in total. The number of hydrogen-bond donors (Lipinski definition) is 1. The van der Waals surface area contributed by atoms with E-state index >= 15 is 0 Å². The molecule has 0 aromatic heterocycles. The molecule has 0 radical (unpaired) electrons. The second kappa shape index (κ2) is 17.4. The van der Waals surface area contributed by atoms with Crippen molar-refractivity contribution in [3.63, 3.8) is 0 Å². The Bertz CT molecular complexity index is 126. The fourth-order valence-electron chi connectivity index (χ4n) is 0. The summed E-state index contributed by atoms with van der Waals surface area (Å²) in [7, 11) is 0. The molecule has 0 atom stereocenters.